The highest BCUT2D eigenvalue weighted by Gasteiger charge is 2.06. The molecule has 0 amide bonds. The quantitative estimate of drug-likeness (QED) is 0.602. The van der Waals surface area contributed by atoms with Crippen LogP contribution in [-0.4, -0.2) is 11.7 Å². The number of unbranched alkanes of at least 4 members (excludes halogenated alkanes) is 4. The van der Waals surface area contributed by atoms with Gasteiger partial charge in [0, 0.05) is 5.56 Å². The van der Waals surface area contributed by atoms with Gasteiger partial charge in [-0.3, -0.25) is 0 Å². The van der Waals surface area contributed by atoms with Crippen molar-refractivity contribution in [1.82, 2.24) is 5.32 Å². The van der Waals surface area contributed by atoms with E-state index in [1.165, 1.54) is 32.1 Å². The van der Waals surface area contributed by atoms with Crippen LogP contribution in [0.5, 0.6) is 0 Å². The first-order valence-corrected chi connectivity index (χ1v) is 8.78. The Bertz CT molecular complexity index is 557. The third-order valence-electron chi connectivity index (χ3n) is 4.10. The molecule has 2 rings (SSSR count). The van der Waals surface area contributed by atoms with Gasteiger partial charge in [-0.05, 0) is 37.6 Å². The maximum Gasteiger partial charge on any atom is 0.134 e. The van der Waals surface area contributed by atoms with Gasteiger partial charge in [-0.15, -0.1) is 0 Å². The Kier molecular flexibility index (Phi) is 7.37. The van der Waals surface area contributed by atoms with E-state index in [2.05, 4.69) is 12.2 Å². The van der Waals surface area contributed by atoms with Gasteiger partial charge in [0.1, 0.15) is 11.5 Å². The highest BCUT2D eigenvalue weighted by molar-refractivity contribution is 5.58. The fourth-order valence-electron chi connectivity index (χ4n) is 2.62. The van der Waals surface area contributed by atoms with E-state index in [4.69, 9.17) is 4.42 Å². The van der Waals surface area contributed by atoms with Crippen molar-refractivity contribution in [2.24, 2.45) is 0 Å². The summed E-state index contributed by atoms with van der Waals surface area (Å²) in [4.78, 5) is 0. The smallest absolute Gasteiger partial charge is 0.134 e. The van der Waals surface area contributed by atoms with Crippen molar-refractivity contribution >= 4 is 0 Å². The number of furan rings is 1. The van der Waals surface area contributed by atoms with Crippen molar-refractivity contribution in [3.05, 3.63) is 47.7 Å². The molecular formula is C20H29NO2. The molecule has 1 atom stereocenters. The molecule has 126 valence electrons. The van der Waals surface area contributed by atoms with Crippen molar-refractivity contribution in [3.8, 4) is 11.3 Å². The summed E-state index contributed by atoms with van der Waals surface area (Å²) in [7, 11) is 0. The maximum atomic E-state index is 9.55. The van der Waals surface area contributed by atoms with Gasteiger partial charge in [0.25, 0.3) is 0 Å². The van der Waals surface area contributed by atoms with Crippen LogP contribution in [0.4, 0.5) is 0 Å². The third kappa shape index (κ3) is 5.85. The summed E-state index contributed by atoms with van der Waals surface area (Å²) in [5.41, 5.74) is 1.96. The van der Waals surface area contributed by atoms with Crippen LogP contribution in [0.15, 0.2) is 40.8 Å². The number of rotatable bonds is 10. The predicted molar refractivity (Wildman–Crippen MR) is 95.2 cm³/mol. The monoisotopic (exact) mass is 315 g/mol. The molecule has 0 saturated carbocycles. The third-order valence-corrected chi connectivity index (χ3v) is 4.10. The molecule has 3 nitrogen and oxygen atoms in total. The normalized spacial score (nSPS) is 12.5. The summed E-state index contributed by atoms with van der Waals surface area (Å²) in [6.45, 7) is 5.83. The zero-order valence-corrected chi connectivity index (χ0v) is 14.3. The zero-order valence-electron chi connectivity index (χ0n) is 14.3. The molecule has 0 aliphatic heterocycles. The van der Waals surface area contributed by atoms with Crippen molar-refractivity contribution in [1.29, 1.82) is 0 Å². The standard InChI is InChI=1S/C20H29NO2/c1-3-4-5-6-7-14-21-15-19-12-13-20(23-19)18-10-8-17(9-11-18)16(2)22/h8-13,16,21-22H,3-7,14-15H2,1-2H3. The molecule has 1 unspecified atom stereocenters. The molecule has 3 heteroatoms. The molecule has 2 aromatic rings. The summed E-state index contributed by atoms with van der Waals surface area (Å²) >= 11 is 0. The van der Waals surface area contributed by atoms with E-state index in [1.807, 2.05) is 36.4 Å². The molecule has 1 aromatic heterocycles. The minimum atomic E-state index is -0.433. The molecule has 23 heavy (non-hydrogen) atoms. The zero-order chi connectivity index (χ0) is 16.5. The molecule has 0 aliphatic rings. The SMILES string of the molecule is CCCCCCCNCc1ccc(-c2ccc(C(C)O)cc2)o1. The van der Waals surface area contributed by atoms with Crippen LogP contribution in [0, 0.1) is 0 Å². The minimum absolute atomic E-state index is 0.433. The van der Waals surface area contributed by atoms with E-state index in [0.717, 1.165) is 35.7 Å². The molecule has 1 heterocycles. The minimum Gasteiger partial charge on any atom is -0.460 e. The van der Waals surface area contributed by atoms with Crippen LogP contribution in [-0.2, 0) is 6.54 Å². The number of aliphatic hydroxyl groups excluding tert-OH is 1. The van der Waals surface area contributed by atoms with Gasteiger partial charge in [-0.25, -0.2) is 0 Å². The average Bonchev–Trinajstić information content (AvgIpc) is 3.03. The number of nitrogens with one attached hydrogen (secondary N) is 1. The largest absolute Gasteiger partial charge is 0.460 e. The molecule has 0 fully saturated rings. The Balaban J connectivity index is 1.77. The van der Waals surface area contributed by atoms with Crippen LogP contribution in [0.1, 0.15) is 63.4 Å². The van der Waals surface area contributed by atoms with Gasteiger partial charge < -0.3 is 14.8 Å². The number of hydrogen-bond donors (Lipinski definition) is 2. The van der Waals surface area contributed by atoms with Crippen molar-refractivity contribution in [2.45, 2.75) is 58.6 Å². The predicted octanol–water partition coefficient (Wildman–Crippen LogP) is 5.06. The van der Waals surface area contributed by atoms with Gasteiger partial charge in [0.05, 0.1) is 12.6 Å². The lowest BCUT2D eigenvalue weighted by molar-refractivity contribution is 0.199. The molecular weight excluding hydrogens is 286 g/mol. The van der Waals surface area contributed by atoms with Crippen molar-refractivity contribution in [2.75, 3.05) is 6.54 Å². The second-order valence-corrected chi connectivity index (χ2v) is 6.15. The van der Waals surface area contributed by atoms with E-state index in [1.54, 1.807) is 6.92 Å². The molecule has 2 N–H and O–H groups in total. The Labute approximate surface area is 139 Å². The Hall–Kier alpha value is -1.58. The summed E-state index contributed by atoms with van der Waals surface area (Å²) in [6, 6.07) is 11.9. The summed E-state index contributed by atoms with van der Waals surface area (Å²) in [6.07, 6.45) is 6.08. The highest BCUT2D eigenvalue weighted by Crippen LogP contribution is 2.24. The second-order valence-electron chi connectivity index (χ2n) is 6.15. The molecule has 1 aromatic carbocycles. The average molecular weight is 315 g/mol. The Morgan fingerprint density at radius 1 is 1.00 bits per heavy atom. The number of hydrogen-bond acceptors (Lipinski definition) is 3. The van der Waals surface area contributed by atoms with Crippen LogP contribution < -0.4 is 5.32 Å². The van der Waals surface area contributed by atoms with Crippen LogP contribution in [0.2, 0.25) is 0 Å². The highest BCUT2D eigenvalue weighted by atomic mass is 16.3. The van der Waals surface area contributed by atoms with E-state index < -0.39 is 6.10 Å². The first kappa shape index (κ1) is 17.8. The van der Waals surface area contributed by atoms with Gasteiger partial charge in [0.15, 0.2) is 0 Å². The van der Waals surface area contributed by atoms with Crippen LogP contribution in [0.25, 0.3) is 11.3 Å². The van der Waals surface area contributed by atoms with Crippen LogP contribution >= 0.6 is 0 Å². The van der Waals surface area contributed by atoms with Gasteiger partial charge in [-0.2, -0.15) is 0 Å². The van der Waals surface area contributed by atoms with E-state index >= 15 is 0 Å². The van der Waals surface area contributed by atoms with E-state index in [9.17, 15) is 5.11 Å². The lowest BCUT2D eigenvalue weighted by Crippen LogP contribution is -2.14. The molecule has 0 spiro atoms. The molecule has 0 bridgehead atoms. The fourth-order valence-corrected chi connectivity index (χ4v) is 2.62. The Morgan fingerprint density at radius 2 is 1.74 bits per heavy atom. The second kappa shape index (κ2) is 9.53. The van der Waals surface area contributed by atoms with Gasteiger partial charge >= 0.3 is 0 Å². The fraction of sp³-hybridized carbons (Fsp3) is 0.500. The topological polar surface area (TPSA) is 45.4 Å². The number of benzene rings is 1. The number of aliphatic hydroxyl groups is 1. The summed E-state index contributed by atoms with van der Waals surface area (Å²) in [5.74, 6) is 1.84. The van der Waals surface area contributed by atoms with Gasteiger partial charge in [-0.1, -0.05) is 56.9 Å². The first-order valence-electron chi connectivity index (χ1n) is 8.78. The lowest BCUT2D eigenvalue weighted by atomic mass is 10.1. The first-order chi connectivity index (χ1) is 11.2. The van der Waals surface area contributed by atoms with E-state index in [-0.39, 0.29) is 0 Å². The van der Waals surface area contributed by atoms with Gasteiger partial charge in [0.2, 0.25) is 0 Å². The van der Waals surface area contributed by atoms with Crippen molar-refractivity contribution in [3.63, 3.8) is 0 Å². The van der Waals surface area contributed by atoms with Crippen LogP contribution in [0.3, 0.4) is 0 Å². The summed E-state index contributed by atoms with van der Waals surface area (Å²) < 4.78 is 5.89. The Morgan fingerprint density at radius 3 is 2.43 bits per heavy atom. The molecule has 0 aliphatic carbocycles. The van der Waals surface area contributed by atoms with Crippen molar-refractivity contribution < 1.29 is 9.52 Å². The molecule has 0 saturated heterocycles. The summed E-state index contributed by atoms with van der Waals surface area (Å²) in [5, 5.41) is 13.0. The van der Waals surface area contributed by atoms with E-state index in [0.29, 0.717) is 0 Å². The molecule has 0 radical (unpaired) electrons. The lowest BCUT2D eigenvalue weighted by Gasteiger charge is -2.05. The maximum absolute atomic E-state index is 9.55.